The number of ether oxygens (including phenoxy) is 1. The van der Waals surface area contributed by atoms with Gasteiger partial charge in [-0.05, 0) is 23.8 Å². The first-order valence-electron chi connectivity index (χ1n) is 7.93. The molecule has 2 aromatic carbocycles. The summed E-state index contributed by atoms with van der Waals surface area (Å²) in [5.74, 6) is 0.859. The second kappa shape index (κ2) is 9.52. The number of esters is 1. The van der Waals surface area contributed by atoms with Gasteiger partial charge in [0.25, 0.3) is 5.91 Å². The minimum absolute atomic E-state index is 0.0161. The molecule has 0 unspecified atom stereocenters. The highest BCUT2D eigenvalue weighted by atomic mass is 32.2. The van der Waals surface area contributed by atoms with Crippen molar-refractivity contribution < 1.29 is 22.7 Å². The van der Waals surface area contributed by atoms with Crippen molar-refractivity contribution in [3.63, 3.8) is 0 Å². The zero-order valence-electron chi connectivity index (χ0n) is 14.3. The zero-order valence-corrected chi connectivity index (χ0v) is 15.2. The van der Waals surface area contributed by atoms with Gasteiger partial charge in [-0.25, -0.2) is 17.9 Å². The number of carbonyl (C=O) groups excluding carboxylic acids is 2. The number of rotatable bonds is 8. The van der Waals surface area contributed by atoms with E-state index in [1.807, 2.05) is 6.07 Å². The molecule has 2 N–H and O–H groups in total. The Morgan fingerprint density at radius 2 is 1.81 bits per heavy atom. The molecule has 0 fully saturated rings. The summed E-state index contributed by atoms with van der Waals surface area (Å²) in [5.41, 5.74) is 0.817. The molecule has 1 amide bonds. The molecule has 0 heterocycles. The maximum Gasteiger partial charge on any atom is 0.338 e. The summed E-state index contributed by atoms with van der Waals surface area (Å²) in [5, 5.41) is 2.35. The van der Waals surface area contributed by atoms with Crippen molar-refractivity contribution in [3.8, 4) is 12.3 Å². The first-order valence-corrected chi connectivity index (χ1v) is 9.41. The Balaban J connectivity index is 2.01. The third kappa shape index (κ3) is 6.26. The van der Waals surface area contributed by atoms with E-state index in [0.717, 1.165) is 5.56 Å². The van der Waals surface area contributed by atoms with Gasteiger partial charge < -0.3 is 10.1 Å². The van der Waals surface area contributed by atoms with E-state index < -0.39 is 28.5 Å². The summed E-state index contributed by atoms with van der Waals surface area (Å²) in [6.07, 6.45) is 5.01. The van der Waals surface area contributed by atoms with Gasteiger partial charge in [-0.1, -0.05) is 42.3 Å². The van der Waals surface area contributed by atoms with Crippen LogP contribution in [0.3, 0.4) is 0 Å². The van der Waals surface area contributed by atoms with Crippen LogP contribution in [0, 0.1) is 12.3 Å². The summed E-state index contributed by atoms with van der Waals surface area (Å²) in [7, 11) is -3.82. The minimum atomic E-state index is -3.82. The number of benzene rings is 2. The fraction of sp³-hybridized carbons (Fsp3) is 0.158. The molecule has 0 aliphatic heterocycles. The maximum absolute atomic E-state index is 12.4. The number of hydrogen-bond donors (Lipinski definition) is 2. The standard InChI is InChI=1S/C19H18N2O5S/c1-2-11-20-18(22)14-26-19(23)16-9-6-10-17(12-16)27(24,25)21-13-15-7-4-3-5-8-15/h1,3-10,12,21H,11,13-14H2,(H,20,22). The monoisotopic (exact) mass is 386 g/mol. The highest BCUT2D eigenvalue weighted by molar-refractivity contribution is 7.89. The number of hydrogen-bond acceptors (Lipinski definition) is 5. The molecule has 0 bridgehead atoms. The quantitative estimate of drug-likeness (QED) is 0.522. The number of terminal acetylenes is 1. The first-order chi connectivity index (χ1) is 12.9. The molecule has 0 aliphatic carbocycles. The minimum Gasteiger partial charge on any atom is -0.452 e. The van der Waals surface area contributed by atoms with E-state index in [-0.39, 0.29) is 23.5 Å². The molecule has 0 radical (unpaired) electrons. The lowest BCUT2D eigenvalue weighted by Crippen LogP contribution is -2.29. The Labute approximate surface area is 157 Å². The fourth-order valence-electron chi connectivity index (χ4n) is 2.06. The van der Waals surface area contributed by atoms with Gasteiger partial charge in [0, 0.05) is 6.54 Å². The number of nitrogens with one attached hydrogen (secondary N) is 2. The van der Waals surface area contributed by atoms with Gasteiger partial charge >= 0.3 is 5.97 Å². The zero-order chi connectivity index (χ0) is 19.7. The van der Waals surface area contributed by atoms with Crippen molar-refractivity contribution in [1.29, 1.82) is 0 Å². The Bertz CT molecular complexity index is 950. The van der Waals surface area contributed by atoms with Gasteiger partial charge in [0.15, 0.2) is 6.61 Å². The number of carbonyl (C=O) groups is 2. The van der Waals surface area contributed by atoms with Crippen molar-refractivity contribution in [3.05, 3.63) is 65.7 Å². The van der Waals surface area contributed by atoms with Gasteiger partial charge in [-0.15, -0.1) is 6.42 Å². The molecular weight excluding hydrogens is 368 g/mol. The summed E-state index contributed by atoms with van der Waals surface area (Å²) in [6, 6.07) is 14.4. The molecule has 0 aliphatic rings. The van der Waals surface area contributed by atoms with Crippen LogP contribution in [0.5, 0.6) is 0 Å². The Hall–Kier alpha value is -3.15. The van der Waals surface area contributed by atoms with Crippen LogP contribution in [-0.4, -0.2) is 33.4 Å². The van der Waals surface area contributed by atoms with E-state index >= 15 is 0 Å². The lowest BCUT2D eigenvalue weighted by molar-refractivity contribution is -0.123. The van der Waals surface area contributed by atoms with Crippen LogP contribution < -0.4 is 10.0 Å². The Morgan fingerprint density at radius 3 is 2.52 bits per heavy atom. The Morgan fingerprint density at radius 1 is 1.07 bits per heavy atom. The lowest BCUT2D eigenvalue weighted by atomic mass is 10.2. The van der Waals surface area contributed by atoms with Crippen LogP contribution >= 0.6 is 0 Å². The van der Waals surface area contributed by atoms with Crippen molar-refractivity contribution in [2.75, 3.05) is 13.2 Å². The highest BCUT2D eigenvalue weighted by Crippen LogP contribution is 2.13. The van der Waals surface area contributed by atoms with E-state index in [9.17, 15) is 18.0 Å². The third-order valence-corrected chi connectivity index (χ3v) is 4.81. The molecule has 7 nitrogen and oxygen atoms in total. The predicted octanol–water partition coefficient (Wildman–Crippen LogP) is 1.07. The Kier molecular flexibility index (Phi) is 7.11. The molecule has 2 rings (SSSR count). The topological polar surface area (TPSA) is 102 Å². The fourth-order valence-corrected chi connectivity index (χ4v) is 3.13. The second-order valence-electron chi connectivity index (χ2n) is 5.39. The van der Waals surface area contributed by atoms with E-state index in [0.29, 0.717) is 0 Å². The summed E-state index contributed by atoms with van der Waals surface area (Å²) < 4.78 is 32.2. The van der Waals surface area contributed by atoms with Crippen LogP contribution in [0.4, 0.5) is 0 Å². The van der Waals surface area contributed by atoms with Gasteiger partial charge in [0.2, 0.25) is 10.0 Å². The molecule has 27 heavy (non-hydrogen) atoms. The first kappa shape index (κ1) is 20.2. The molecule has 2 aromatic rings. The molecule has 140 valence electrons. The van der Waals surface area contributed by atoms with E-state index in [4.69, 9.17) is 11.2 Å². The van der Waals surface area contributed by atoms with Crippen molar-refractivity contribution in [1.82, 2.24) is 10.0 Å². The summed E-state index contributed by atoms with van der Waals surface area (Å²) in [6.45, 7) is -0.367. The number of amides is 1. The van der Waals surface area contributed by atoms with Gasteiger partial charge in [0.05, 0.1) is 17.0 Å². The van der Waals surface area contributed by atoms with Gasteiger partial charge in [0.1, 0.15) is 0 Å². The van der Waals surface area contributed by atoms with Crippen LogP contribution in [0.1, 0.15) is 15.9 Å². The van der Waals surface area contributed by atoms with Crippen LogP contribution in [0.2, 0.25) is 0 Å². The average Bonchev–Trinajstić information content (AvgIpc) is 2.70. The molecule has 0 spiro atoms. The highest BCUT2D eigenvalue weighted by Gasteiger charge is 2.17. The average molecular weight is 386 g/mol. The van der Waals surface area contributed by atoms with E-state index in [1.165, 1.54) is 24.3 Å². The largest absolute Gasteiger partial charge is 0.452 e. The summed E-state index contributed by atoms with van der Waals surface area (Å²) >= 11 is 0. The molecule has 0 saturated carbocycles. The van der Waals surface area contributed by atoms with Crippen LogP contribution in [0.15, 0.2) is 59.5 Å². The van der Waals surface area contributed by atoms with Gasteiger partial charge in [-0.2, -0.15) is 0 Å². The van der Waals surface area contributed by atoms with Crippen molar-refractivity contribution >= 4 is 21.9 Å². The normalized spacial score (nSPS) is 10.6. The number of sulfonamides is 1. The predicted molar refractivity (Wildman–Crippen MR) is 99.0 cm³/mol. The molecule has 0 aromatic heterocycles. The lowest BCUT2D eigenvalue weighted by Gasteiger charge is -2.09. The maximum atomic E-state index is 12.4. The van der Waals surface area contributed by atoms with Crippen molar-refractivity contribution in [2.24, 2.45) is 0 Å². The molecular formula is C19H18N2O5S. The summed E-state index contributed by atoms with van der Waals surface area (Å²) in [4.78, 5) is 23.3. The third-order valence-electron chi connectivity index (χ3n) is 3.41. The van der Waals surface area contributed by atoms with Crippen molar-refractivity contribution in [2.45, 2.75) is 11.4 Å². The second-order valence-corrected chi connectivity index (χ2v) is 7.16. The molecule has 0 saturated heterocycles. The van der Waals surface area contributed by atoms with E-state index in [2.05, 4.69) is 16.0 Å². The van der Waals surface area contributed by atoms with E-state index in [1.54, 1.807) is 24.3 Å². The van der Waals surface area contributed by atoms with Crippen LogP contribution in [0.25, 0.3) is 0 Å². The molecule has 0 atom stereocenters. The smallest absolute Gasteiger partial charge is 0.338 e. The van der Waals surface area contributed by atoms with Gasteiger partial charge in [-0.3, -0.25) is 4.79 Å². The molecule has 8 heteroatoms. The SMILES string of the molecule is C#CCNC(=O)COC(=O)c1cccc(S(=O)(=O)NCc2ccccc2)c1. The van der Waals surface area contributed by atoms with Crippen LogP contribution in [-0.2, 0) is 26.1 Å².